The maximum absolute atomic E-state index is 12.0. The van der Waals surface area contributed by atoms with Crippen LogP contribution in [0.5, 0.6) is 0 Å². The molecule has 0 radical (unpaired) electrons. The number of nitrogens with zero attached hydrogens (tertiary/aromatic N) is 2. The Hall–Kier alpha value is -2.11. The molecule has 6 nitrogen and oxygen atoms in total. The van der Waals surface area contributed by atoms with Crippen molar-refractivity contribution < 1.29 is 14.7 Å². The maximum Gasteiger partial charge on any atom is 0.321 e. The van der Waals surface area contributed by atoms with E-state index in [1.165, 1.54) is 4.90 Å². The van der Waals surface area contributed by atoms with Crippen LogP contribution in [0.3, 0.4) is 0 Å². The molecule has 0 aromatic carbocycles. The van der Waals surface area contributed by atoms with Gasteiger partial charge in [0.25, 0.3) is 0 Å². The Morgan fingerprint density at radius 2 is 2.16 bits per heavy atom. The van der Waals surface area contributed by atoms with Crippen molar-refractivity contribution in [3.63, 3.8) is 0 Å². The minimum absolute atomic E-state index is 0.178. The van der Waals surface area contributed by atoms with Crippen LogP contribution in [0.2, 0.25) is 0 Å². The van der Waals surface area contributed by atoms with Gasteiger partial charge in [0.1, 0.15) is 0 Å². The lowest BCUT2D eigenvalue weighted by molar-refractivity contribution is -0.141. The number of urea groups is 1. The summed E-state index contributed by atoms with van der Waals surface area (Å²) in [4.78, 5) is 28.3. The lowest BCUT2D eigenvalue weighted by Crippen LogP contribution is -2.39. The molecule has 0 saturated heterocycles. The number of hydrogen-bond donors (Lipinski definition) is 2. The van der Waals surface area contributed by atoms with Crippen LogP contribution < -0.4 is 5.32 Å². The summed E-state index contributed by atoms with van der Waals surface area (Å²) < 4.78 is 0. The van der Waals surface area contributed by atoms with Crippen LogP contribution in [-0.4, -0.2) is 40.1 Å². The van der Waals surface area contributed by atoms with E-state index in [0.717, 1.165) is 5.69 Å². The lowest BCUT2D eigenvalue weighted by Gasteiger charge is -2.23. The zero-order chi connectivity index (χ0) is 14.4. The van der Waals surface area contributed by atoms with Crippen LogP contribution in [-0.2, 0) is 4.79 Å². The SMILES string of the molecule is CCN(CC(C)C(=O)O)C(=O)Nc1ccc(C)nc1. The minimum atomic E-state index is -0.914. The van der Waals surface area contributed by atoms with E-state index in [9.17, 15) is 9.59 Å². The quantitative estimate of drug-likeness (QED) is 0.852. The number of carboxylic acid groups (broad SMARTS) is 1. The number of carbonyl (C=O) groups excluding carboxylic acids is 1. The molecule has 2 amide bonds. The predicted octanol–water partition coefficient (Wildman–Crippen LogP) is 1.96. The van der Waals surface area contributed by atoms with Gasteiger partial charge in [0, 0.05) is 18.8 Å². The van der Waals surface area contributed by atoms with Gasteiger partial charge in [-0.25, -0.2) is 4.79 Å². The number of amides is 2. The molecule has 19 heavy (non-hydrogen) atoms. The summed E-state index contributed by atoms with van der Waals surface area (Å²) >= 11 is 0. The largest absolute Gasteiger partial charge is 0.481 e. The molecule has 1 atom stereocenters. The van der Waals surface area contributed by atoms with Crippen molar-refractivity contribution >= 4 is 17.7 Å². The molecule has 0 aliphatic carbocycles. The lowest BCUT2D eigenvalue weighted by atomic mass is 10.2. The molecule has 1 aromatic heterocycles. The monoisotopic (exact) mass is 265 g/mol. The van der Waals surface area contributed by atoms with E-state index in [2.05, 4.69) is 10.3 Å². The second kappa shape index (κ2) is 6.72. The van der Waals surface area contributed by atoms with Gasteiger partial charge in [-0.05, 0) is 26.0 Å². The highest BCUT2D eigenvalue weighted by Crippen LogP contribution is 2.08. The van der Waals surface area contributed by atoms with Crippen molar-refractivity contribution in [3.05, 3.63) is 24.0 Å². The second-order valence-corrected chi connectivity index (χ2v) is 4.40. The zero-order valence-electron chi connectivity index (χ0n) is 11.4. The first-order valence-corrected chi connectivity index (χ1v) is 6.15. The highest BCUT2D eigenvalue weighted by molar-refractivity contribution is 5.89. The highest BCUT2D eigenvalue weighted by atomic mass is 16.4. The number of carbonyl (C=O) groups is 2. The summed E-state index contributed by atoms with van der Waals surface area (Å²) in [5.74, 6) is -1.51. The second-order valence-electron chi connectivity index (χ2n) is 4.40. The Kier molecular flexibility index (Phi) is 5.29. The molecule has 0 aliphatic rings. The maximum atomic E-state index is 12.0. The Balaban J connectivity index is 2.63. The Morgan fingerprint density at radius 3 is 2.63 bits per heavy atom. The van der Waals surface area contributed by atoms with Gasteiger partial charge in [-0.2, -0.15) is 0 Å². The predicted molar refractivity (Wildman–Crippen MR) is 72.0 cm³/mol. The Bertz CT molecular complexity index is 445. The van der Waals surface area contributed by atoms with E-state index in [1.54, 1.807) is 25.3 Å². The molecule has 2 N–H and O–H groups in total. The van der Waals surface area contributed by atoms with Crippen LogP contribution in [0.15, 0.2) is 18.3 Å². The van der Waals surface area contributed by atoms with Gasteiger partial charge >= 0.3 is 12.0 Å². The van der Waals surface area contributed by atoms with Crippen molar-refractivity contribution in [3.8, 4) is 0 Å². The van der Waals surface area contributed by atoms with Crippen LogP contribution in [0.4, 0.5) is 10.5 Å². The molecule has 0 bridgehead atoms. The van der Waals surface area contributed by atoms with Crippen molar-refractivity contribution in [1.82, 2.24) is 9.88 Å². The molecule has 1 aromatic rings. The molecule has 104 valence electrons. The van der Waals surface area contributed by atoms with Gasteiger partial charge in [-0.3, -0.25) is 9.78 Å². The van der Waals surface area contributed by atoms with Gasteiger partial charge in [0.15, 0.2) is 0 Å². The van der Waals surface area contributed by atoms with Gasteiger partial charge in [0.05, 0.1) is 17.8 Å². The first-order valence-electron chi connectivity index (χ1n) is 6.15. The van der Waals surface area contributed by atoms with E-state index < -0.39 is 11.9 Å². The summed E-state index contributed by atoms with van der Waals surface area (Å²) in [6, 6.07) is 3.24. The number of aromatic nitrogens is 1. The summed E-state index contributed by atoms with van der Waals surface area (Å²) in [6.07, 6.45) is 1.57. The summed E-state index contributed by atoms with van der Waals surface area (Å²) in [5.41, 5.74) is 1.46. The van der Waals surface area contributed by atoms with Crippen molar-refractivity contribution in [2.24, 2.45) is 5.92 Å². The van der Waals surface area contributed by atoms with Gasteiger partial charge in [-0.15, -0.1) is 0 Å². The number of rotatable bonds is 5. The normalized spacial score (nSPS) is 11.7. The van der Waals surface area contributed by atoms with Crippen LogP contribution in [0, 0.1) is 12.8 Å². The average Bonchev–Trinajstić information content (AvgIpc) is 2.38. The summed E-state index contributed by atoms with van der Waals surface area (Å²) in [5, 5.41) is 11.6. The number of anilines is 1. The number of aryl methyl sites for hydroxylation is 1. The van der Waals surface area contributed by atoms with Crippen LogP contribution >= 0.6 is 0 Å². The number of carboxylic acids is 1. The molecular formula is C13H19N3O3. The zero-order valence-corrected chi connectivity index (χ0v) is 11.4. The van der Waals surface area contributed by atoms with E-state index >= 15 is 0 Å². The fraction of sp³-hybridized carbons (Fsp3) is 0.462. The first kappa shape index (κ1) is 14.9. The topological polar surface area (TPSA) is 82.5 Å². The van der Waals surface area contributed by atoms with Crippen molar-refractivity contribution in [1.29, 1.82) is 0 Å². The molecule has 6 heteroatoms. The van der Waals surface area contributed by atoms with E-state index in [4.69, 9.17) is 5.11 Å². The van der Waals surface area contributed by atoms with Crippen molar-refractivity contribution in [2.75, 3.05) is 18.4 Å². The summed E-state index contributed by atoms with van der Waals surface area (Å²) in [6.45, 7) is 5.87. The van der Waals surface area contributed by atoms with E-state index in [-0.39, 0.29) is 12.6 Å². The van der Waals surface area contributed by atoms with Gasteiger partial charge in [-0.1, -0.05) is 6.92 Å². The molecular weight excluding hydrogens is 246 g/mol. The number of hydrogen-bond acceptors (Lipinski definition) is 3. The van der Waals surface area contributed by atoms with E-state index in [1.807, 2.05) is 13.8 Å². The molecule has 0 aliphatic heterocycles. The standard InChI is InChI=1S/C13H19N3O3/c1-4-16(8-9(2)12(17)18)13(19)15-11-6-5-10(3)14-7-11/h5-7,9H,4,8H2,1-3H3,(H,15,19)(H,17,18). The van der Waals surface area contributed by atoms with Crippen LogP contribution in [0.1, 0.15) is 19.5 Å². The molecule has 1 heterocycles. The Morgan fingerprint density at radius 1 is 1.47 bits per heavy atom. The molecule has 1 rings (SSSR count). The van der Waals surface area contributed by atoms with Crippen LogP contribution in [0.25, 0.3) is 0 Å². The molecule has 0 fully saturated rings. The van der Waals surface area contributed by atoms with Crippen molar-refractivity contribution in [2.45, 2.75) is 20.8 Å². The molecule has 1 unspecified atom stereocenters. The summed E-state index contributed by atoms with van der Waals surface area (Å²) in [7, 11) is 0. The molecule has 0 spiro atoms. The third kappa shape index (κ3) is 4.57. The minimum Gasteiger partial charge on any atom is -0.481 e. The highest BCUT2D eigenvalue weighted by Gasteiger charge is 2.19. The number of pyridine rings is 1. The Labute approximate surface area is 112 Å². The fourth-order valence-corrected chi connectivity index (χ4v) is 1.51. The number of aliphatic carboxylic acids is 1. The van der Waals surface area contributed by atoms with Gasteiger partial charge < -0.3 is 15.3 Å². The van der Waals surface area contributed by atoms with Gasteiger partial charge in [0.2, 0.25) is 0 Å². The smallest absolute Gasteiger partial charge is 0.321 e. The third-order valence-corrected chi connectivity index (χ3v) is 2.75. The molecule has 0 saturated carbocycles. The third-order valence-electron chi connectivity index (χ3n) is 2.75. The fourth-order valence-electron chi connectivity index (χ4n) is 1.51. The van der Waals surface area contributed by atoms with E-state index in [0.29, 0.717) is 12.2 Å². The first-order chi connectivity index (χ1) is 8.93. The number of nitrogens with one attached hydrogen (secondary N) is 1. The average molecular weight is 265 g/mol.